The summed E-state index contributed by atoms with van der Waals surface area (Å²) < 4.78 is 5.40. The number of nitrogens with zero attached hydrogens (tertiary/aromatic N) is 1. The standard InChI is InChI=1S/C14H21NO3S/c1-14(2,3)18-13(17)15-8-4-6-10(15)12(16)11-7-5-9-19-11/h5,7,9-10,12,16H,4,6,8H2,1-3H3/t10-,12?/m0/s1. The van der Waals surface area contributed by atoms with Crippen molar-refractivity contribution in [3.8, 4) is 0 Å². The smallest absolute Gasteiger partial charge is 0.410 e. The highest BCUT2D eigenvalue weighted by molar-refractivity contribution is 7.10. The number of hydrogen-bond acceptors (Lipinski definition) is 4. The molecule has 19 heavy (non-hydrogen) atoms. The third-order valence-corrected chi connectivity index (χ3v) is 4.07. The molecule has 1 unspecified atom stereocenters. The fourth-order valence-electron chi connectivity index (χ4n) is 2.32. The zero-order valence-corrected chi connectivity index (χ0v) is 12.4. The minimum absolute atomic E-state index is 0.173. The Hall–Kier alpha value is -1.07. The monoisotopic (exact) mass is 283 g/mol. The van der Waals surface area contributed by atoms with Gasteiger partial charge in [-0.1, -0.05) is 6.07 Å². The molecular weight excluding hydrogens is 262 g/mol. The molecule has 106 valence electrons. The van der Waals surface area contributed by atoms with Crippen LogP contribution in [0.2, 0.25) is 0 Å². The first kappa shape index (κ1) is 14.3. The Morgan fingerprint density at radius 3 is 2.89 bits per heavy atom. The fourth-order valence-corrected chi connectivity index (χ4v) is 3.09. The van der Waals surface area contributed by atoms with Crippen LogP contribution in [0.15, 0.2) is 17.5 Å². The average molecular weight is 283 g/mol. The molecule has 0 saturated carbocycles. The highest BCUT2D eigenvalue weighted by Crippen LogP contribution is 2.32. The molecule has 2 atom stereocenters. The highest BCUT2D eigenvalue weighted by Gasteiger charge is 2.37. The Morgan fingerprint density at radius 1 is 1.58 bits per heavy atom. The maximum Gasteiger partial charge on any atom is 0.410 e. The molecule has 2 heterocycles. The van der Waals surface area contributed by atoms with Gasteiger partial charge in [0.25, 0.3) is 0 Å². The Labute approximate surface area is 118 Å². The van der Waals surface area contributed by atoms with E-state index in [4.69, 9.17) is 4.74 Å². The molecule has 0 aromatic carbocycles. The number of carbonyl (C=O) groups excluding carboxylic acids is 1. The molecule has 1 aromatic heterocycles. The molecule has 0 aliphatic carbocycles. The fraction of sp³-hybridized carbons (Fsp3) is 0.643. The number of thiophene rings is 1. The number of hydrogen-bond donors (Lipinski definition) is 1. The number of amides is 1. The van der Waals surface area contributed by atoms with E-state index in [1.807, 2.05) is 38.3 Å². The van der Waals surface area contributed by atoms with Crippen molar-refractivity contribution in [2.75, 3.05) is 6.54 Å². The molecule has 2 rings (SSSR count). The summed E-state index contributed by atoms with van der Waals surface area (Å²) in [5.74, 6) is 0. The molecule has 1 aromatic rings. The van der Waals surface area contributed by atoms with E-state index in [2.05, 4.69) is 0 Å². The van der Waals surface area contributed by atoms with Crippen LogP contribution < -0.4 is 0 Å². The first-order valence-electron chi connectivity index (χ1n) is 6.59. The number of ether oxygens (including phenoxy) is 1. The van der Waals surface area contributed by atoms with Gasteiger partial charge < -0.3 is 14.7 Å². The van der Waals surface area contributed by atoms with Gasteiger partial charge in [0.2, 0.25) is 0 Å². The van der Waals surface area contributed by atoms with E-state index in [9.17, 15) is 9.90 Å². The molecule has 1 aliphatic rings. The second-order valence-electron chi connectivity index (χ2n) is 5.84. The van der Waals surface area contributed by atoms with Crippen LogP contribution in [0.1, 0.15) is 44.6 Å². The largest absolute Gasteiger partial charge is 0.444 e. The number of carbonyl (C=O) groups is 1. The van der Waals surface area contributed by atoms with Crippen LogP contribution >= 0.6 is 11.3 Å². The lowest BCUT2D eigenvalue weighted by molar-refractivity contribution is 0.00545. The number of aliphatic hydroxyl groups is 1. The van der Waals surface area contributed by atoms with Crippen molar-refractivity contribution in [1.29, 1.82) is 0 Å². The van der Waals surface area contributed by atoms with Crippen molar-refractivity contribution in [1.82, 2.24) is 4.90 Å². The molecule has 0 bridgehead atoms. The summed E-state index contributed by atoms with van der Waals surface area (Å²) in [5.41, 5.74) is -0.502. The van der Waals surface area contributed by atoms with Gasteiger partial charge in [0.05, 0.1) is 6.04 Å². The lowest BCUT2D eigenvalue weighted by atomic mass is 10.1. The Bertz CT molecular complexity index is 424. The van der Waals surface area contributed by atoms with Crippen LogP contribution in [-0.4, -0.2) is 34.3 Å². The Balaban J connectivity index is 2.06. The first-order chi connectivity index (χ1) is 8.88. The number of likely N-dealkylation sites (tertiary alicyclic amines) is 1. The number of aliphatic hydroxyl groups excluding tert-OH is 1. The molecule has 5 heteroatoms. The molecule has 1 N–H and O–H groups in total. The van der Waals surface area contributed by atoms with E-state index in [1.165, 1.54) is 11.3 Å². The molecule has 1 aliphatic heterocycles. The quantitative estimate of drug-likeness (QED) is 0.907. The third-order valence-electron chi connectivity index (χ3n) is 3.13. The van der Waals surface area contributed by atoms with Gasteiger partial charge in [-0.05, 0) is 45.1 Å². The SMILES string of the molecule is CC(C)(C)OC(=O)N1CCC[C@H]1C(O)c1cccs1. The van der Waals surface area contributed by atoms with Crippen LogP contribution in [0.25, 0.3) is 0 Å². The predicted octanol–water partition coefficient (Wildman–Crippen LogP) is 3.18. The summed E-state index contributed by atoms with van der Waals surface area (Å²) in [7, 11) is 0. The van der Waals surface area contributed by atoms with E-state index in [-0.39, 0.29) is 12.1 Å². The van der Waals surface area contributed by atoms with E-state index in [0.717, 1.165) is 17.7 Å². The first-order valence-corrected chi connectivity index (χ1v) is 7.47. The molecule has 1 fully saturated rings. The summed E-state index contributed by atoms with van der Waals surface area (Å²) in [6.07, 6.45) is 0.783. The normalized spacial score (nSPS) is 21.5. The van der Waals surface area contributed by atoms with Gasteiger partial charge in [-0.3, -0.25) is 0 Å². The van der Waals surface area contributed by atoms with Gasteiger partial charge in [0.1, 0.15) is 11.7 Å². The highest BCUT2D eigenvalue weighted by atomic mass is 32.1. The van der Waals surface area contributed by atoms with E-state index >= 15 is 0 Å². The molecular formula is C14H21NO3S. The minimum Gasteiger partial charge on any atom is -0.444 e. The lowest BCUT2D eigenvalue weighted by Crippen LogP contribution is -2.42. The second kappa shape index (κ2) is 5.51. The molecule has 1 amide bonds. The zero-order valence-electron chi connectivity index (χ0n) is 11.6. The van der Waals surface area contributed by atoms with Gasteiger partial charge in [-0.25, -0.2) is 4.79 Å². The summed E-state index contributed by atoms with van der Waals surface area (Å²) in [6.45, 7) is 6.21. The van der Waals surface area contributed by atoms with Crippen molar-refractivity contribution in [2.45, 2.75) is 51.4 Å². The van der Waals surface area contributed by atoms with E-state index in [1.54, 1.807) is 4.90 Å². The van der Waals surface area contributed by atoms with Crippen molar-refractivity contribution in [3.05, 3.63) is 22.4 Å². The topological polar surface area (TPSA) is 49.8 Å². The predicted molar refractivity (Wildman–Crippen MR) is 75.2 cm³/mol. The van der Waals surface area contributed by atoms with Crippen LogP contribution in [-0.2, 0) is 4.74 Å². The van der Waals surface area contributed by atoms with Gasteiger partial charge in [-0.2, -0.15) is 0 Å². The summed E-state index contributed by atoms with van der Waals surface area (Å²) >= 11 is 1.52. The van der Waals surface area contributed by atoms with Crippen LogP contribution in [0.5, 0.6) is 0 Å². The lowest BCUT2D eigenvalue weighted by Gasteiger charge is -2.30. The summed E-state index contributed by atoms with van der Waals surface area (Å²) in [6, 6.07) is 3.64. The average Bonchev–Trinajstić information content (AvgIpc) is 2.97. The van der Waals surface area contributed by atoms with Gasteiger partial charge in [-0.15, -0.1) is 11.3 Å². The van der Waals surface area contributed by atoms with Crippen LogP contribution in [0, 0.1) is 0 Å². The maximum absolute atomic E-state index is 12.1. The van der Waals surface area contributed by atoms with E-state index in [0.29, 0.717) is 6.54 Å². The molecule has 0 radical (unpaired) electrons. The van der Waals surface area contributed by atoms with Gasteiger partial charge in [0, 0.05) is 11.4 Å². The van der Waals surface area contributed by atoms with Crippen LogP contribution in [0.3, 0.4) is 0 Å². The van der Waals surface area contributed by atoms with Crippen molar-refractivity contribution in [2.24, 2.45) is 0 Å². The maximum atomic E-state index is 12.1. The zero-order chi connectivity index (χ0) is 14.0. The molecule has 4 nitrogen and oxygen atoms in total. The minimum atomic E-state index is -0.616. The van der Waals surface area contributed by atoms with Crippen molar-refractivity contribution < 1.29 is 14.6 Å². The van der Waals surface area contributed by atoms with Gasteiger partial charge >= 0.3 is 6.09 Å². The van der Waals surface area contributed by atoms with Crippen LogP contribution in [0.4, 0.5) is 4.79 Å². The molecule has 1 saturated heterocycles. The second-order valence-corrected chi connectivity index (χ2v) is 6.82. The Morgan fingerprint density at radius 2 is 2.32 bits per heavy atom. The van der Waals surface area contributed by atoms with Crippen molar-refractivity contribution in [3.63, 3.8) is 0 Å². The third kappa shape index (κ3) is 3.48. The number of rotatable bonds is 2. The molecule has 0 spiro atoms. The summed E-state index contributed by atoms with van der Waals surface area (Å²) in [5, 5.41) is 12.3. The van der Waals surface area contributed by atoms with Crippen molar-refractivity contribution >= 4 is 17.4 Å². The summed E-state index contributed by atoms with van der Waals surface area (Å²) in [4.78, 5) is 14.7. The van der Waals surface area contributed by atoms with E-state index < -0.39 is 11.7 Å². The Kier molecular flexibility index (Phi) is 4.16. The van der Waals surface area contributed by atoms with Gasteiger partial charge in [0.15, 0.2) is 0 Å².